The molecule has 1 aromatic carbocycles. The second kappa shape index (κ2) is 4.14. The molecule has 0 bridgehead atoms. The second-order valence-corrected chi connectivity index (χ2v) is 5.01. The maximum atomic E-state index is 11.1. The Bertz CT molecular complexity index is 336. The molecule has 0 aliphatic rings. The van der Waals surface area contributed by atoms with Crippen molar-refractivity contribution in [1.29, 1.82) is 0 Å². The Balaban J connectivity index is 3.02. The summed E-state index contributed by atoms with van der Waals surface area (Å²) in [6.07, 6.45) is 0.863. The third-order valence-electron chi connectivity index (χ3n) is 1.95. The Morgan fingerprint density at radius 2 is 1.86 bits per heavy atom. The van der Waals surface area contributed by atoms with Crippen LogP contribution in [-0.4, -0.2) is 5.24 Å². The predicted molar refractivity (Wildman–Crippen MR) is 59.8 cm³/mol. The minimum Gasteiger partial charge on any atom is -0.276 e. The van der Waals surface area contributed by atoms with Gasteiger partial charge in [0.05, 0.1) is 0 Å². The molecule has 0 amide bonds. The largest absolute Gasteiger partial charge is 0.276 e. The lowest BCUT2D eigenvalue weighted by Gasteiger charge is -2.19. The number of hydrogen-bond acceptors (Lipinski definition) is 1. The maximum Gasteiger partial charge on any atom is 0.252 e. The van der Waals surface area contributed by atoms with Crippen LogP contribution in [0.4, 0.5) is 0 Å². The molecular weight excluding hydrogens is 196 g/mol. The van der Waals surface area contributed by atoms with Crippen molar-refractivity contribution in [3.63, 3.8) is 0 Å². The third-order valence-corrected chi connectivity index (χ3v) is 2.15. The molecule has 1 nitrogen and oxygen atoms in total. The molecule has 14 heavy (non-hydrogen) atoms. The summed E-state index contributed by atoms with van der Waals surface area (Å²) >= 11 is 5.50. The molecular formula is C12H15ClO. The molecule has 0 heterocycles. The van der Waals surface area contributed by atoms with Crippen LogP contribution < -0.4 is 0 Å². The summed E-state index contributed by atoms with van der Waals surface area (Å²) in [6.45, 7) is 6.42. The van der Waals surface area contributed by atoms with Gasteiger partial charge in [0.2, 0.25) is 0 Å². The Morgan fingerprint density at radius 3 is 2.36 bits per heavy atom. The molecule has 0 fully saturated rings. The van der Waals surface area contributed by atoms with Gasteiger partial charge >= 0.3 is 0 Å². The van der Waals surface area contributed by atoms with E-state index < -0.39 is 0 Å². The Morgan fingerprint density at radius 1 is 1.29 bits per heavy atom. The van der Waals surface area contributed by atoms with Gasteiger partial charge in [-0.25, -0.2) is 0 Å². The van der Waals surface area contributed by atoms with Crippen LogP contribution in [0.1, 0.15) is 36.7 Å². The van der Waals surface area contributed by atoms with Crippen LogP contribution >= 0.6 is 11.6 Å². The smallest absolute Gasteiger partial charge is 0.252 e. The van der Waals surface area contributed by atoms with Crippen molar-refractivity contribution >= 4 is 16.8 Å². The first-order valence-electron chi connectivity index (χ1n) is 4.68. The van der Waals surface area contributed by atoms with Gasteiger partial charge in [-0.15, -0.1) is 0 Å². The lowest BCUT2D eigenvalue weighted by Crippen LogP contribution is -2.11. The van der Waals surface area contributed by atoms with Gasteiger partial charge in [0, 0.05) is 5.56 Å². The zero-order valence-electron chi connectivity index (χ0n) is 8.80. The normalized spacial score (nSPS) is 11.4. The molecule has 0 spiro atoms. The van der Waals surface area contributed by atoms with Crippen LogP contribution in [-0.2, 0) is 6.42 Å². The van der Waals surface area contributed by atoms with Crippen LogP contribution in [0.2, 0.25) is 0 Å². The highest BCUT2D eigenvalue weighted by molar-refractivity contribution is 6.67. The molecule has 0 N–H and O–H groups in total. The zero-order chi connectivity index (χ0) is 10.8. The summed E-state index contributed by atoms with van der Waals surface area (Å²) in [6, 6.07) is 7.50. The van der Waals surface area contributed by atoms with E-state index in [1.54, 1.807) is 6.07 Å². The van der Waals surface area contributed by atoms with Crippen molar-refractivity contribution in [3.05, 3.63) is 35.4 Å². The van der Waals surface area contributed by atoms with Crippen LogP contribution in [0.3, 0.4) is 0 Å². The highest BCUT2D eigenvalue weighted by atomic mass is 35.5. The Labute approximate surface area is 90.1 Å². The molecule has 0 saturated heterocycles. The fourth-order valence-electron chi connectivity index (χ4n) is 1.44. The van der Waals surface area contributed by atoms with Crippen molar-refractivity contribution in [2.75, 3.05) is 0 Å². The molecule has 1 rings (SSSR count). The lowest BCUT2D eigenvalue weighted by atomic mass is 9.86. The topological polar surface area (TPSA) is 17.1 Å². The van der Waals surface area contributed by atoms with Crippen molar-refractivity contribution in [2.45, 2.75) is 27.2 Å². The van der Waals surface area contributed by atoms with Gasteiger partial charge in [0.15, 0.2) is 0 Å². The summed E-state index contributed by atoms with van der Waals surface area (Å²) < 4.78 is 0. The van der Waals surface area contributed by atoms with E-state index >= 15 is 0 Å². The summed E-state index contributed by atoms with van der Waals surface area (Å²) in [5.74, 6) is 0. The van der Waals surface area contributed by atoms with Crippen LogP contribution in [0, 0.1) is 5.41 Å². The number of carbonyl (C=O) groups is 1. The number of hydrogen-bond donors (Lipinski definition) is 0. The molecule has 0 aliphatic heterocycles. The zero-order valence-corrected chi connectivity index (χ0v) is 9.56. The fourth-order valence-corrected chi connectivity index (χ4v) is 1.62. The van der Waals surface area contributed by atoms with E-state index in [4.69, 9.17) is 11.6 Å². The second-order valence-electron chi connectivity index (χ2n) is 4.67. The Kier molecular flexibility index (Phi) is 3.33. The first-order chi connectivity index (χ1) is 6.40. The van der Waals surface area contributed by atoms with Gasteiger partial charge in [0.25, 0.3) is 5.24 Å². The van der Waals surface area contributed by atoms with Crippen molar-refractivity contribution < 1.29 is 4.79 Å². The molecule has 0 atom stereocenters. The quantitative estimate of drug-likeness (QED) is 0.681. The average Bonchev–Trinajstić information content (AvgIpc) is 2.01. The standard InChI is InChI=1S/C12H15ClO/c1-12(2,3)8-9-6-4-5-7-10(9)11(13)14/h4-7H,8H2,1-3H3. The van der Waals surface area contributed by atoms with Crippen LogP contribution in [0.5, 0.6) is 0 Å². The number of halogens is 1. The minimum atomic E-state index is -0.371. The van der Waals surface area contributed by atoms with Gasteiger partial charge in [-0.2, -0.15) is 0 Å². The highest BCUT2D eigenvalue weighted by Crippen LogP contribution is 2.23. The average molecular weight is 211 g/mol. The molecule has 0 aliphatic carbocycles. The number of carbonyl (C=O) groups excluding carboxylic acids is 1. The van der Waals surface area contributed by atoms with E-state index in [2.05, 4.69) is 20.8 Å². The molecule has 0 saturated carbocycles. The van der Waals surface area contributed by atoms with Gasteiger partial charge in [0.1, 0.15) is 0 Å². The molecule has 0 radical (unpaired) electrons. The molecule has 1 aromatic rings. The van der Waals surface area contributed by atoms with Gasteiger partial charge in [-0.3, -0.25) is 4.79 Å². The first kappa shape index (κ1) is 11.3. The van der Waals surface area contributed by atoms with E-state index in [0.29, 0.717) is 5.56 Å². The summed E-state index contributed by atoms with van der Waals surface area (Å²) in [5.41, 5.74) is 1.83. The Hall–Kier alpha value is -0.820. The first-order valence-corrected chi connectivity index (χ1v) is 5.06. The SMILES string of the molecule is CC(C)(C)Cc1ccccc1C(=O)Cl. The van der Waals surface area contributed by atoms with Crippen molar-refractivity contribution in [3.8, 4) is 0 Å². The van der Waals surface area contributed by atoms with Gasteiger partial charge in [-0.05, 0) is 35.1 Å². The van der Waals surface area contributed by atoms with E-state index in [1.807, 2.05) is 18.2 Å². The fraction of sp³-hybridized carbons (Fsp3) is 0.417. The lowest BCUT2D eigenvalue weighted by molar-refractivity contribution is 0.108. The third kappa shape index (κ3) is 3.15. The van der Waals surface area contributed by atoms with Crippen molar-refractivity contribution in [2.24, 2.45) is 5.41 Å². The summed E-state index contributed by atoms with van der Waals surface area (Å²) in [5, 5.41) is -0.371. The van der Waals surface area contributed by atoms with Crippen LogP contribution in [0.25, 0.3) is 0 Å². The molecule has 0 aromatic heterocycles. The predicted octanol–water partition coefficient (Wildman–Crippen LogP) is 3.65. The van der Waals surface area contributed by atoms with Gasteiger partial charge in [-0.1, -0.05) is 39.0 Å². The molecule has 2 heteroatoms. The number of benzene rings is 1. The van der Waals surface area contributed by atoms with Crippen LogP contribution in [0.15, 0.2) is 24.3 Å². The molecule has 76 valence electrons. The van der Waals surface area contributed by atoms with E-state index in [9.17, 15) is 4.79 Å². The van der Waals surface area contributed by atoms with E-state index in [1.165, 1.54) is 0 Å². The van der Waals surface area contributed by atoms with Crippen molar-refractivity contribution in [1.82, 2.24) is 0 Å². The van der Waals surface area contributed by atoms with Gasteiger partial charge < -0.3 is 0 Å². The number of rotatable bonds is 2. The summed E-state index contributed by atoms with van der Waals surface area (Å²) in [7, 11) is 0. The van der Waals surface area contributed by atoms with E-state index in [-0.39, 0.29) is 10.7 Å². The highest BCUT2D eigenvalue weighted by Gasteiger charge is 2.15. The molecule has 0 unspecified atom stereocenters. The maximum absolute atomic E-state index is 11.1. The minimum absolute atomic E-state index is 0.169. The van der Waals surface area contributed by atoms with E-state index in [0.717, 1.165) is 12.0 Å². The summed E-state index contributed by atoms with van der Waals surface area (Å²) in [4.78, 5) is 11.1. The monoisotopic (exact) mass is 210 g/mol.